The number of sulfonamides is 1. The van der Waals surface area contributed by atoms with Gasteiger partial charge in [0.1, 0.15) is 27.9 Å². The number of carbonyl (C=O) groups is 1. The Balaban J connectivity index is 0.833. The number of piperidine rings is 1. The minimum absolute atomic E-state index is 0.0155. The highest BCUT2D eigenvalue weighted by molar-refractivity contribution is 7.90. The number of nitrogens with zero attached hydrogens (tertiary/aromatic N) is 6. The lowest BCUT2D eigenvalue weighted by molar-refractivity contribution is -0.386. The van der Waals surface area contributed by atoms with E-state index in [1.165, 1.54) is 42.5 Å². The molecular formula is C58H66F2N8O9S. The first-order chi connectivity index (χ1) is 37.3. The molecule has 3 aliphatic heterocycles. The number of rotatable bonds is 16. The van der Waals surface area contributed by atoms with Crippen molar-refractivity contribution in [2.45, 2.75) is 132 Å². The predicted octanol–water partition coefficient (Wildman–Crippen LogP) is 10.3. The number of pyridine rings is 2. The fraction of sp³-hybridized carbons (Fsp3) is 0.466. The van der Waals surface area contributed by atoms with Gasteiger partial charge in [0.25, 0.3) is 27.7 Å². The smallest absolute Gasteiger partial charge is 0.332 e. The molecule has 3 N–H and O–H groups in total. The molecule has 6 aromatic rings. The van der Waals surface area contributed by atoms with E-state index in [-0.39, 0.29) is 81.7 Å². The molecule has 3 aromatic carbocycles. The number of anilines is 1. The van der Waals surface area contributed by atoms with E-state index in [4.69, 9.17) is 14.2 Å². The molecule has 78 heavy (non-hydrogen) atoms. The number of fused-ring (bicyclic) bond motifs is 3. The van der Waals surface area contributed by atoms with Gasteiger partial charge in [-0.25, -0.2) is 26.9 Å². The van der Waals surface area contributed by atoms with Gasteiger partial charge in [-0.15, -0.1) is 0 Å². The standard InChI is InChI=1S/C58H66F2N8O9S/c1-35(2)44-7-5-6-8-45(44)50-33-65(32-36-9-11-38(59)12-10-36)21-22-66(50)42-28-58(29-42)26-40-13-14-41(27-58)67(40)39-15-16-46(51(23-39)77-52-25-47-48(60)31-61-53(47)63-56(52)75-4)54(69)64-78(73,74)43-24-49(68(71)72)55(62-30-43)76-34-37-17-19-57(3,70)20-18-37/h5-12,15-16,23-25,30-31,35,37,40-42,50,70H,13-14,17-22,26-29,32-34H2,1-4H3,(H,61,63)(H,64,69)/t37?,40?,41?,42?,50-,57?,58?/m0/s1. The van der Waals surface area contributed by atoms with Crippen LogP contribution in [0.1, 0.15) is 124 Å². The number of aliphatic hydroxyl groups is 1. The lowest BCUT2D eigenvalue weighted by atomic mass is 9.58. The second kappa shape index (κ2) is 21.1. The summed E-state index contributed by atoms with van der Waals surface area (Å²) in [6.07, 6.45) is 10.5. The molecule has 17 nitrogen and oxygen atoms in total. The summed E-state index contributed by atoms with van der Waals surface area (Å²) in [6.45, 7) is 9.84. The summed E-state index contributed by atoms with van der Waals surface area (Å²) in [6, 6.07) is 23.8. The van der Waals surface area contributed by atoms with Crippen LogP contribution < -0.4 is 23.8 Å². The van der Waals surface area contributed by atoms with Crippen LogP contribution in [-0.4, -0.2) is 106 Å². The van der Waals surface area contributed by atoms with Gasteiger partial charge in [0.2, 0.25) is 0 Å². The van der Waals surface area contributed by atoms with Crippen molar-refractivity contribution in [1.29, 1.82) is 0 Å². The van der Waals surface area contributed by atoms with Gasteiger partial charge in [0.15, 0.2) is 5.75 Å². The molecule has 0 radical (unpaired) electrons. The van der Waals surface area contributed by atoms with Gasteiger partial charge >= 0.3 is 5.69 Å². The molecule has 6 heterocycles. The van der Waals surface area contributed by atoms with Gasteiger partial charge in [-0.3, -0.25) is 24.7 Å². The van der Waals surface area contributed by atoms with Crippen LogP contribution in [0.2, 0.25) is 0 Å². The molecule has 2 saturated carbocycles. The quantitative estimate of drug-likeness (QED) is 0.0609. The molecule has 1 amide bonds. The van der Waals surface area contributed by atoms with Gasteiger partial charge < -0.3 is 29.2 Å². The summed E-state index contributed by atoms with van der Waals surface area (Å²) in [5.41, 5.74) is 3.27. The van der Waals surface area contributed by atoms with E-state index < -0.39 is 42.9 Å². The second-order valence-electron chi connectivity index (χ2n) is 22.9. The van der Waals surface area contributed by atoms with E-state index >= 15 is 0 Å². The molecule has 11 rings (SSSR count). The number of amides is 1. The zero-order valence-electron chi connectivity index (χ0n) is 44.3. The highest BCUT2D eigenvalue weighted by Crippen LogP contribution is 2.59. The van der Waals surface area contributed by atoms with Crippen molar-refractivity contribution in [3.63, 3.8) is 0 Å². The Labute approximate surface area is 452 Å². The van der Waals surface area contributed by atoms with Crippen molar-refractivity contribution in [2.75, 3.05) is 38.3 Å². The Morgan fingerprint density at radius 2 is 1.65 bits per heavy atom. The lowest BCUT2D eigenvalue weighted by Gasteiger charge is -2.60. The predicted molar refractivity (Wildman–Crippen MR) is 288 cm³/mol. The second-order valence-corrected chi connectivity index (χ2v) is 24.6. The molecule has 5 fully saturated rings. The molecule has 2 bridgehead atoms. The van der Waals surface area contributed by atoms with Crippen molar-refractivity contribution in [3.8, 4) is 23.3 Å². The first-order valence-corrected chi connectivity index (χ1v) is 28.5. The maximum atomic E-state index is 15.0. The summed E-state index contributed by atoms with van der Waals surface area (Å²) >= 11 is 0. The number of methoxy groups -OCH3 is 1. The molecule has 20 heteroatoms. The lowest BCUT2D eigenvalue weighted by Crippen LogP contribution is -2.61. The Morgan fingerprint density at radius 3 is 2.36 bits per heavy atom. The molecule has 3 aromatic heterocycles. The Hall–Kier alpha value is -6.74. The SMILES string of the molecule is COc1nc2[nH]cc(F)c2cc1Oc1cc(N2C3CCC2CC2(C3)CC(N3CCN(Cc4ccc(F)cc4)C[C@H]3c3ccccc3C(C)C)C2)ccc1C(=O)NS(=O)(=O)c1cnc(OCC2CCC(C)(O)CC2)c([N+](=O)[O-])c1. The summed E-state index contributed by atoms with van der Waals surface area (Å²) in [5, 5.41) is 22.7. The molecule has 5 aliphatic rings. The zero-order chi connectivity index (χ0) is 54.7. The summed E-state index contributed by atoms with van der Waals surface area (Å²) < 4.78 is 76.5. The number of hydrogen-bond donors (Lipinski definition) is 3. The van der Waals surface area contributed by atoms with Gasteiger partial charge in [0.05, 0.1) is 41.4 Å². The topological polar surface area (TPSA) is 206 Å². The number of H-pyrrole nitrogens is 1. The monoisotopic (exact) mass is 1090 g/mol. The molecule has 2 aliphatic carbocycles. The highest BCUT2D eigenvalue weighted by atomic mass is 32.2. The van der Waals surface area contributed by atoms with Crippen LogP contribution in [-0.2, 0) is 16.6 Å². The van der Waals surface area contributed by atoms with Crippen molar-refractivity contribution in [2.24, 2.45) is 11.3 Å². The molecule has 3 saturated heterocycles. The maximum absolute atomic E-state index is 15.0. The average molecular weight is 1090 g/mol. The fourth-order valence-electron chi connectivity index (χ4n) is 13.2. The van der Waals surface area contributed by atoms with E-state index in [0.29, 0.717) is 37.6 Å². The summed E-state index contributed by atoms with van der Waals surface area (Å²) in [7, 11) is -3.41. The Morgan fingerprint density at radius 1 is 0.936 bits per heavy atom. The van der Waals surface area contributed by atoms with Crippen molar-refractivity contribution >= 4 is 38.3 Å². The van der Waals surface area contributed by atoms with E-state index in [1.54, 1.807) is 19.1 Å². The van der Waals surface area contributed by atoms with Gasteiger partial charge in [-0.05, 0) is 129 Å². The van der Waals surface area contributed by atoms with Crippen LogP contribution in [0.4, 0.5) is 20.2 Å². The van der Waals surface area contributed by atoms with Crippen LogP contribution in [0.3, 0.4) is 0 Å². The minimum Gasteiger partial charge on any atom is -0.478 e. The van der Waals surface area contributed by atoms with Crippen LogP contribution in [0.5, 0.6) is 23.3 Å². The van der Waals surface area contributed by atoms with Crippen LogP contribution in [0, 0.1) is 33.1 Å². The van der Waals surface area contributed by atoms with Crippen molar-refractivity contribution < 1.29 is 46.2 Å². The van der Waals surface area contributed by atoms with Crippen LogP contribution in [0.25, 0.3) is 11.0 Å². The Bertz CT molecular complexity index is 3330. The third-order valence-corrected chi connectivity index (χ3v) is 18.5. The number of ether oxygens (including phenoxy) is 3. The minimum atomic E-state index is -4.79. The van der Waals surface area contributed by atoms with Gasteiger partial charge in [0, 0.05) is 80.4 Å². The molecule has 1 spiro atoms. The number of nitro groups is 1. The number of carbonyl (C=O) groups excluding carboxylic acids is 1. The number of piperazine rings is 1. The van der Waals surface area contributed by atoms with E-state index in [0.717, 1.165) is 94.4 Å². The molecular weight excluding hydrogens is 1020 g/mol. The number of nitrogens with one attached hydrogen (secondary N) is 2. The molecule has 3 atom stereocenters. The van der Waals surface area contributed by atoms with Gasteiger partial charge in [-0.1, -0.05) is 50.2 Å². The average Bonchev–Trinajstić information content (AvgIpc) is 4.11. The zero-order valence-corrected chi connectivity index (χ0v) is 45.1. The van der Waals surface area contributed by atoms with Crippen LogP contribution >= 0.6 is 0 Å². The Kier molecular flexibility index (Phi) is 14.4. The summed E-state index contributed by atoms with van der Waals surface area (Å²) in [5.74, 6) is -2.02. The van der Waals surface area contributed by atoms with Crippen LogP contribution in [0.15, 0.2) is 96.2 Å². The fourth-order valence-corrected chi connectivity index (χ4v) is 14.2. The first kappa shape index (κ1) is 53.3. The number of aromatic nitrogens is 3. The number of benzene rings is 3. The molecule has 412 valence electrons. The van der Waals surface area contributed by atoms with E-state index in [1.807, 2.05) is 12.1 Å². The normalized spacial score (nSPS) is 25.5. The molecule has 2 unspecified atom stereocenters. The third kappa shape index (κ3) is 10.8. The summed E-state index contributed by atoms with van der Waals surface area (Å²) in [4.78, 5) is 43.9. The van der Waals surface area contributed by atoms with Crippen molar-refractivity contribution in [1.82, 2.24) is 29.5 Å². The number of aromatic amines is 1. The van der Waals surface area contributed by atoms with E-state index in [9.17, 15) is 37.2 Å². The van der Waals surface area contributed by atoms with Crippen molar-refractivity contribution in [3.05, 3.63) is 135 Å². The number of hydrogen-bond acceptors (Lipinski definition) is 14. The first-order valence-electron chi connectivity index (χ1n) is 27.0. The largest absolute Gasteiger partial charge is 0.478 e. The number of halogens is 2. The third-order valence-electron chi connectivity index (χ3n) is 17.2. The van der Waals surface area contributed by atoms with Gasteiger partial charge in [-0.2, -0.15) is 4.98 Å². The van der Waals surface area contributed by atoms with E-state index in [2.05, 4.69) is 72.5 Å². The maximum Gasteiger partial charge on any atom is 0.332 e. The highest BCUT2D eigenvalue weighted by Gasteiger charge is 2.56.